The standard InChI is InChI=1S/C10H12OS/c1-10(2,8-12)11-9-6-4-3-5-7-9/h3-8H,1-2H3. The third kappa shape index (κ3) is 2.62. The lowest BCUT2D eigenvalue weighted by atomic mass is 10.2. The van der Waals surface area contributed by atoms with Crippen molar-refractivity contribution in [3.63, 3.8) is 0 Å². The Morgan fingerprint density at radius 2 is 1.83 bits per heavy atom. The maximum absolute atomic E-state index is 5.59. The molecule has 0 aliphatic heterocycles. The van der Waals surface area contributed by atoms with Gasteiger partial charge in [-0.3, -0.25) is 0 Å². The van der Waals surface area contributed by atoms with E-state index >= 15 is 0 Å². The summed E-state index contributed by atoms with van der Waals surface area (Å²) in [4.78, 5) is 0. The van der Waals surface area contributed by atoms with E-state index in [0.717, 1.165) is 5.75 Å². The lowest BCUT2D eigenvalue weighted by Gasteiger charge is -2.21. The van der Waals surface area contributed by atoms with Crippen LogP contribution < -0.4 is 4.74 Å². The van der Waals surface area contributed by atoms with Crippen LogP contribution in [0.5, 0.6) is 5.75 Å². The van der Waals surface area contributed by atoms with Crippen LogP contribution in [0.15, 0.2) is 30.3 Å². The third-order valence-electron chi connectivity index (χ3n) is 1.41. The van der Waals surface area contributed by atoms with E-state index in [2.05, 4.69) is 0 Å². The molecule has 2 heteroatoms. The Kier molecular flexibility index (Phi) is 2.82. The lowest BCUT2D eigenvalue weighted by molar-refractivity contribution is 0.190. The van der Waals surface area contributed by atoms with Crippen LogP contribution in [0, 0.1) is 0 Å². The van der Waals surface area contributed by atoms with Gasteiger partial charge in [-0.15, -0.1) is 0 Å². The number of benzene rings is 1. The molecule has 1 aromatic carbocycles. The molecule has 12 heavy (non-hydrogen) atoms. The molecule has 0 atom stereocenters. The highest BCUT2D eigenvalue weighted by atomic mass is 32.1. The van der Waals surface area contributed by atoms with E-state index in [0.29, 0.717) is 0 Å². The summed E-state index contributed by atoms with van der Waals surface area (Å²) in [7, 11) is 0. The Bertz CT molecular complexity index is 254. The molecule has 1 rings (SSSR count). The van der Waals surface area contributed by atoms with Crippen molar-refractivity contribution in [2.45, 2.75) is 19.4 Å². The van der Waals surface area contributed by atoms with Gasteiger partial charge >= 0.3 is 0 Å². The summed E-state index contributed by atoms with van der Waals surface area (Å²) < 4.78 is 5.59. The molecule has 0 N–H and O–H groups in total. The normalized spacial score (nSPS) is 10.8. The first-order valence-corrected chi connectivity index (χ1v) is 4.31. The van der Waals surface area contributed by atoms with Crippen molar-refractivity contribution >= 4 is 17.6 Å². The highest BCUT2D eigenvalue weighted by Gasteiger charge is 2.14. The molecule has 0 aliphatic carbocycles. The molecular formula is C10H12OS. The molecule has 0 amide bonds. The Morgan fingerprint density at radius 1 is 1.25 bits per heavy atom. The highest BCUT2D eigenvalue weighted by molar-refractivity contribution is 7.79. The number of thiocarbonyl (C=S) groups is 1. The average molecular weight is 180 g/mol. The minimum absolute atomic E-state index is 0.364. The van der Waals surface area contributed by atoms with Gasteiger partial charge in [0.05, 0.1) is 0 Å². The van der Waals surface area contributed by atoms with Crippen molar-refractivity contribution < 1.29 is 4.74 Å². The van der Waals surface area contributed by atoms with Gasteiger partial charge in [-0.2, -0.15) is 0 Å². The second-order valence-electron chi connectivity index (χ2n) is 3.14. The van der Waals surface area contributed by atoms with Crippen molar-refractivity contribution in [2.24, 2.45) is 0 Å². The molecule has 0 unspecified atom stereocenters. The summed E-state index contributed by atoms with van der Waals surface area (Å²) in [6.45, 7) is 3.88. The summed E-state index contributed by atoms with van der Waals surface area (Å²) in [5.41, 5.74) is -0.364. The molecule has 0 aliphatic rings. The number of rotatable bonds is 3. The van der Waals surface area contributed by atoms with Gasteiger partial charge < -0.3 is 4.74 Å². The largest absolute Gasteiger partial charge is 0.483 e. The Morgan fingerprint density at radius 3 is 2.33 bits per heavy atom. The molecule has 1 aromatic rings. The van der Waals surface area contributed by atoms with Gasteiger partial charge in [-0.05, 0) is 26.0 Å². The Hall–Kier alpha value is -0.890. The van der Waals surface area contributed by atoms with Gasteiger partial charge in [0.2, 0.25) is 0 Å². The maximum Gasteiger partial charge on any atom is 0.132 e. The molecule has 0 heterocycles. The predicted molar refractivity (Wildman–Crippen MR) is 54.8 cm³/mol. The van der Waals surface area contributed by atoms with Gasteiger partial charge in [0.25, 0.3) is 0 Å². The first kappa shape index (κ1) is 9.20. The van der Waals surface area contributed by atoms with Crippen LogP contribution in [-0.4, -0.2) is 11.0 Å². The quantitative estimate of drug-likeness (QED) is 0.661. The summed E-state index contributed by atoms with van der Waals surface area (Å²) in [6.07, 6.45) is 0. The van der Waals surface area contributed by atoms with Crippen LogP contribution in [-0.2, 0) is 0 Å². The summed E-state index contributed by atoms with van der Waals surface area (Å²) in [5.74, 6) is 0.851. The Balaban J connectivity index is 2.70. The average Bonchev–Trinajstić information content (AvgIpc) is 2.06. The molecule has 0 fully saturated rings. The second-order valence-corrected chi connectivity index (χ2v) is 3.37. The fourth-order valence-corrected chi connectivity index (χ4v) is 0.864. The van der Waals surface area contributed by atoms with Crippen molar-refractivity contribution in [1.29, 1.82) is 0 Å². The van der Waals surface area contributed by atoms with Crippen LogP contribution in [0.1, 0.15) is 13.8 Å². The molecule has 0 saturated heterocycles. The molecule has 0 bridgehead atoms. The molecule has 64 valence electrons. The van der Waals surface area contributed by atoms with Crippen LogP contribution >= 0.6 is 12.2 Å². The first-order valence-electron chi connectivity index (χ1n) is 3.84. The minimum atomic E-state index is -0.364. The van der Waals surface area contributed by atoms with Crippen LogP contribution in [0.3, 0.4) is 0 Å². The number of hydrogen-bond donors (Lipinski definition) is 0. The zero-order chi connectivity index (χ0) is 9.03. The summed E-state index contributed by atoms with van der Waals surface area (Å²) in [6, 6.07) is 9.67. The van der Waals surface area contributed by atoms with E-state index in [1.54, 1.807) is 5.37 Å². The van der Waals surface area contributed by atoms with Gasteiger partial charge in [-0.25, -0.2) is 0 Å². The molecule has 1 nitrogen and oxygen atoms in total. The van der Waals surface area contributed by atoms with E-state index < -0.39 is 0 Å². The molecular weight excluding hydrogens is 168 g/mol. The lowest BCUT2D eigenvalue weighted by Crippen LogP contribution is -2.28. The molecule has 0 saturated carbocycles. The fourth-order valence-electron chi connectivity index (χ4n) is 0.816. The van der Waals surface area contributed by atoms with E-state index in [1.165, 1.54) is 0 Å². The van der Waals surface area contributed by atoms with Gasteiger partial charge in [-0.1, -0.05) is 30.4 Å². The number of hydrogen-bond acceptors (Lipinski definition) is 2. The SMILES string of the molecule is CC(C)(C=S)Oc1ccccc1. The van der Waals surface area contributed by atoms with Crippen LogP contribution in [0.4, 0.5) is 0 Å². The highest BCUT2D eigenvalue weighted by Crippen LogP contribution is 2.15. The molecule has 0 spiro atoms. The maximum atomic E-state index is 5.59. The zero-order valence-corrected chi connectivity index (χ0v) is 8.10. The number of para-hydroxylation sites is 1. The molecule has 0 radical (unpaired) electrons. The van der Waals surface area contributed by atoms with Crippen molar-refractivity contribution in [3.8, 4) is 5.75 Å². The number of ether oxygens (including phenoxy) is 1. The van der Waals surface area contributed by atoms with Crippen molar-refractivity contribution in [1.82, 2.24) is 0 Å². The van der Waals surface area contributed by atoms with E-state index in [-0.39, 0.29) is 5.60 Å². The summed E-state index contributed by atoms with van der Waals surface area (Å²) >= 11 is 4.84. The zero-order valence-electron chi connectivity index (χ0n) is 7.28. The minimum Gasteiger partial charge on any atom is -0.483 e. The second kappa shape index (κ2) is 3.68. The van der Waals surface area contributed by atoms with Crippen LogP contribution in [0.25, 0.3) is 0 Å². The monoisotopic (exact) mass is 180 g/mol. The fraction of sp³-hybridized carbons (Fsp3) is 0.300. The smallest absolute Gasteiger partial charge is 0.132 e. The van der Waals surface area contributed by atoms with E-state index in [4.69, 9.17) is 17.0 Å². The van der Waals surface area contributed by atoms with Gasteiger partial charge in [0.15, 0.2) is 0 Å². The first-order chi connectivity index (χ1) is 5.64. The van der Waals surface area contributed by atoms with Gasteiger partial charge in [0, 0.05) is 5.37 Å². The summed E-state index contributed by atoms with van der Waals surface area (Å²) in [5, 5.41) is 1.62. The van der Waals surface area contributed by atoms with Crippen LogP contribution in [0.2, 0.25) is 0 Å². The van der Waals surface area contributed by atoms with Crippen molar-refractivity contribution in [2.75, 3.05) is 0 Å². The molecule has 0 aromatic heterocycles. The van der Waals surface area contributed by atoms with Crippen molar-refractivity contribution in [3.05, 3.63) is 30.3 Å². The topological polar surface area (TPSA) is 9.23 Å². The Labute approximate surface area is 78.4 Å². The van der Waals surface area contributed by atoms with E-state index in [9.17, 15) is 0 Å². The van der Waals surface area contributed by atoms with E-state index in [1.807, 2.05) is 44.2 Å². The predicted octanol–water partition coefficient (Wildman–Crippen LogP) is 2.84. The third-order valence-corrected chi connectivity index (χ3v) is 1.98. The van der Waals surface area contributed by atoms with Gasteiger partial charge in [0.1, 0.15) is 11.4 Å².